The lowest BCUT2D eigenvalue weighted by Gasteiger charge is -2.35. The largest absolute Gasteiger partial charge is 0.353 e. The standard InChI is InChI=1S/C16H20N6O/c23-16(15-12-11-17-6-4-13(12)19-20-15)22-9-7-21(8-10-22)14-3-1-2-5-18-14/h1-3,5,17H,4,6-11H2,(H,19,20). The summed E-state index contributed by atoms with van der Waals surface area (Å²) in [7, 11) is 0. The van der Waals surface area contributed by atoms with Gasteiger partial charge in [-0.2, -0.15) is 5.10 Å². The second-order valence-corrected chi connectivity index (χ2v) is 5.92. The van der Waals surface area contributed by atoms with Crippen LogP contribution in [0.2, 0.25) is 0 Å². The lowest BCUT2D eigenvalue weighted by Crippen LogP contribution is -2.49. The minimum atomic E-state index is 0.0341. The molecular weight excluding hydrogens is 292 g/mol. The van der Waals surface area contributed by atoms with E-state index in [4.69, 9.17) is 0 Å². The Kier molecular flexibility index (Phi) is 3.70. The maximum absolute atomic E-state index is 12.8. The molecule has 0 radical (unpaired) electrons. The number of amides is 1. The average Bonchev–Trinajstić information content (AvgIpc) is 3.06. The highest BCUT2D eigenvalue weighted by Crippen LogP contribution is 2.19. The molecule has 0 unspecified atom stereocenters. The van der Waals surface area contributed by atoms with E-state index < -0.39 is 0 Å². The van der Waals surface area contributed by atoms with Crippen molar-refractivity contribution in [2.75, 3.05) is 37.6 Å². The van der Waals surface area contributed by atoms with Gasteiger partial charge in [0.05, 0.1) is 0 Å². The number of aromatic nitrogens is 3. The summed E-state index contributed by atoms with van der Waals surface area (Å²) in [5.74, 6) is 1.01. The molecule has 120 valence electrons. The number of rotatable bonds is 2. The Balaban J connectivity index is 1.44. The normalized spacial score (nSPS) is 17.9. The molecule has 1 amide bonds. The van der Waals surface area contributed by atoms with Crippen LogP contribution in [0, 0.1) is 0 Å². The Morgan fingerprint density at radius 3 is 2.83 bits per heavy atom. The molecule has 2 aliphatic rings. The topological polar surface area (TPSA) is 77.2 Å². The molecule has 2 N–H and O–H groups in total. The van der Waals surface area contributed by atoms with Crippen LogP contribution >= 0.6 is 0 Å². The minimum absolute atomic E-state index is 0.0341. The first-order chi connectivity index (χ1) is 11.3. The smallest absolute Gasteiger partial charge is 0.274 e. The number of carbonyl (C=O) groups excluding carboxylic acids is 1. The minimum Gasteiger partial charge on any atom is -0.353 e. The van der Waals surface area contributed by atoms with Crippen LogP contribution in [-0.2, 0) is 13.0 Å². The summed E-state index contributed by atoms with van der Waals surface area (Å²) in [5, 5.41) is 10.6. The molecule has 2 aliphatic heterocycles. The van der Waals surface area contributed by atoms with Gasteiger partial charge in [-0.05, 0) is 12.1 Å². The van der Waals surface area contributed by atoms with Gasteiger partial charge in [0, 0.05) is 63.1 Å². The number of carbonyl (C=O) groups is 1. The average molecular weight is 312 g/mol. The zero-order valence-electron chi connectivity index (χ0n) is 13.0. The molecule has 0 saturated carbocycles. The van der Waals surface area contributed by atoms with Crippen molar-refractivity contribution >= 4 is 11.7 Å². The number of fused-ring (bicyclic) bond motifs is 1. The maximum atomic E-state index is 12.8. The third-order valence-corrected chi connectivity index (χ3v) is 4.55. The van der Waals surface area contributed by atoms with E-state index in [1.807, 2.05) is 23.1 Å². The molecule has 23 heavy (non-hydrogen) atoms. The Labute approximate surface area is 134 Å². The molecule has 4 rings (SSSR count). The quantitative estimate of drug-likeness (QED) is 0.840. The number of nitrogens with zero attached hydrogens (tertiary/aromatic N) is 4. The van der Waals surface area contributed by atoms with Crippen molar-refractivity contribution in [3.63, 3.8) is 0 Å². The number of pyridine rings is 1. The highest BCUT2D eigenvalue weighted by molar-refractivity contribution is 5.94. The van der Waals surface area contributed by atoms with Gasteiger partial charge in [-0.1, -0.05) is 6.07 Å². The van der Waals surface area contributed by atoms with E-state index in [1.165, 1.54) is 0 Å². The number of hydrogen-bond acceptors (Lipinski definition) is 5. The van der Waals surface area contributed by atoms with Crippen LogP contribution in [0.3, 0.4) is 0 Å². The second kappa shape index (κ2) is 6.00. The van der Waals surface area contributed by atoms with E-state index in [2.05, 4.69) is 25.4 Å². The van der Waals surface area contributed by atoms with Crippen LogP contribution in [0.15, 0.2) is 24.4 Å². The van der Waals surface area contributed by atoms with Crippen LogP contribution in [0.1, 0.15) is 21.7 Å². The Bertz CT molecular complexity index is 690. The molecule has 7 nitrogen and oxygen atoms in total. The van der Waals surface area contributed by atoms with E-state index in [0.717, 1.165) is 49.7 Å². The SMILES string of the molecule is O=C(c1n[nH]c2c1CNCC2)N1CCN(c2ccccn2)CC1. The predicted octanol–water partition coefficient (Wildman–Crippen LogP) is 0.413. The molecule has 7 heteroatoms. The Morgan fingerprint density at radius 1 is 1.17 bits per heavy atom. The van der Waals surface area contributed by atoms with E-state index in [0.29, 0.717) is 18.8 Å². The highest BCUT2D eigenvalue weighted by Gasteiger charge is 2.28. The molecule has 2 aromatic heterocycles. The van der Waals surface area contributed by atoms with Crippen molar-refractivity contribution in [3.05, 3.63) is 41.3 Å². The first kappa shape index (κ1) is 14.2. The summed E-state index contributed by atoms with van der Waals surface area (Å²) in [5.41, 5.74) is 2.71. The van der Waals surface area contributed by atoms with Gasteiger partial charge in [0.15, 0.2) is 5.69 Å². The summed E-state index contributed by atoms with van der Waals surface area (Å²) >= 11 is 0. The van der Waals surface area contributed by atoms with Crippen molar-refractivity contribution in [2.45, 2.75) is 13.0 Å². The molecule has 0 bridgehead atoms. The van der Waals surface area contributed by atoms with E-state index in [-0.39, 0.29) is 5.91 Å². The van der Waals surface area contributed by atoms with Gasteiger partial charge in [-0.15, -0.1) is 0 Å². The zero-order valence-corrected chi connectivity index (χ0v) is 13.0. The van der Waals surface area contributed by atoms with Crippen LogP contribution in [-0.4, -0.2) is 58.7 Å². The molecule has 4 heterocycles. The summed E-state index contributed by atoms with van der Waals surface area (Å²) in [6, 6.07) is 5.91. The monoisotopic (exact) mass is 312 g/mol. The summed E-state index contributed by atoms with van der Waals surface area (Å²) in [6.45, 7) is 4.66. The van der Waals surface area contributed by atoms with Gasteiger partial charge in [-0.3, -0.25) is 9.89 Å². The number of H-pyrrole nitrogens is 1. The third kappa shape index (κ3) is 2.68. The first-order valence-electron chi connectivity index (χ1n) is 8.05. The first-order valence-corrected chi connectivity index (χ1v) is 8.05. The number of nitrogens with one attached hydrogen (secondary N) is 2. The molecule has 2 aromatic rings. The van der Waals surface area contributed by atoms with E-state index in [1.54, 1.807) is 6.20 Å². The van der Waals surface area contributed by atoms with Crippen LogP contribution in [0.5, 0.6) is 0 Å². The Morgan fingerprint density at radius 2 is 2.04 bits per heavy atom. The molecule has 1 saturated heterocycles. The second-order valence-electron chi connectivity index (χ2n) is 5.92. The number of anilines is 1. The molecule has 0 atom stereocenters. The lowest BCUT2D eigenvalue weighted by molar-refractivity contribution is 0.0739. The van der Waals surface area contributed by atoms with Crippen LogP contribution in [0.25, 0.3) is 0 Å². The maximum Gasteiger partial charge on any atom is 0.274 e. The Hall–Kier alpha value is -2.41. The van der Waals surface area contributed by atoms with Crippen molar-refractivity contribution in [2.24, 2.45) is 0 Å². The van der Waals surface area contributed by atoms with Gasteiger partial charge < -0.3 is 15.1 Å². The summed E-state index contributed by atoms with van der Waals surface area (Å²) in [4.78, 5) is 21.2. The van der Waals surface area contributed by atoms with Crippen molar-refractivity contribution in [3.8, 4) is 0 Å². The summed E-state index contributed by atoms with van der Waals surface area (Å²) < 4.78 is 0. The van der Waals surface area contributed by atoms with Crippen molar-refractivity contribution in [1.82, 2.24) is 25.4 Å². The third-order valence-electron chi connectivity index (χ3n) is 4.55. The fraction of sp³-hybridized carbons (Fsp3) is 0.438. The fourth-order valence-electron chi connectivity index (χ4n) is 3.23. The van der Waals surface area contributed by atoms with Crippen LogP contribution in [0.4, 0.5) is 5.82 Å². The van der Waals surface area contributed by atoms with E-state index in [9.17, 15) is 4.79 Å². The number of hydrogen-bond donors (Lipinski definition) is 2. The number of aromatic amines is 1. The molecule has 0 spiro atoms. The van der Waals surface area contributed by atoms with Gasteiger partial charge in [0.25, 0.3) is 5.91 Å². The van der Waals surface area contributed by atoms with E-state index >= 15 is 0 Å². The molecule has 0 aromatic carbocycles. The van der Waals surface area contributed by atoms with Gasteiger partial charge in [-0.25, -0.2) is 4.98 Å². The molecule has 0 aliphatic carbocycles. The van der Waals surface area contributed by atoms with Gasteiger partial charge in [0.2, 0.25) is 0 Å². The number of piperazine rings is 1. The molecule has 1 fully saturated rings. The van der Waals surface area contributed by atoms with Crippen molar-refractivity contribution in [1.29, 1.82) is 0 Å². The van der Waals surface area contributed by atoms with Gasteiger partial charge >= 0.3 is 0 Å². The molecular formula is C16H20N6O. The summed E-state index contributed by atoms with van der Waals surface area (Å²) in [6.07, 6.45) is 2.71. The fourth-order valence-corrected chi connectivity index (χ4v) is 3.23. The predicted molar refractivity (Wildman–Crippen MR) is 86.4 cm³/mol. The van der Waals surface area contributed by atoms with Crippen LogP contribution < -0.4 is 10.2 Å². The lowest BCUT2D eigenvalue weighted by atomic mass is 10.1. The van der Waals surface area contributed by atoms with Gasteiger partial charge in [0.1, 0.15) is 5.82 Å². The zero-order chi connectivity index (χ0) is 15.6. The van der Waals surface area contributed by atoms with Crippen molar-refractivity contribution < 1.29 is 4.79 Å². The highest BCUT2D eigenvalue weighted by atomic mass is 16.2.